The minimum atomic E-state index is -0.839. The fourth-order valence-electron chi connectivity index (χ4n) is 5.20. The zero-order valence-electron chi connectivity index (χ0n) is 23.4. The van der Waals surface area contributed by atoms with Crippen molar-refractivity contribution in [2.24, 2.45) is 0 Å². The Morgan fingerprint density at radius 3 is 1.60 bits per heavy atom. The van der Waals surface area contributed by atoms with Gasteiger partial charge in [-0.1, -0.05) is 131 Å². The van der Waals surface area contributed by atoms with Crippen LogP contribution in [0, 0.1) is 0 Å². The van der Waals surface area contributed by atoms with Gasteiger partial charge in [-0.3, -0.25) is 14.4 Å². The first-order chi connectivity index (χ1) is 20.9. The van der Waals surface area contributed by atoms with E-state index in [0.717, 1.165) is 27.8 Å². The third kappa shape index (κ3) is 6.98. The van der Waals surface area contributed by atoms with E-state index in [-0.39, 0.29) is 30.4 Å². The minimum Gasteiger partial charge on any atom is -0.329 e. The van der Waals surface area contributed by atoms with E-state index < -0.39 is 27.8 Å². The van der Waals surface area contributed by atoms with Crippen LogP contribution in [-0.4, -0.2) is 39.2 Å². The SMILES string of the molecule is O=C(CBr)Cc1ccc(CC(SC(c2ccccc2)(c2ccccc2)c2ccccc2)C(=O)ON2C(=O)CCC2=O)cc1. The molecular weight excluding hydrogens is 626 g/mol. The fourth-order valence-corrected chi connectivity index (χ4v) is 7.05. The van der Waals surface area contributed by atoms with Gasteiger partial charge in [0.1, 0.15) is 11.0 Å². The molecule has 1 aliphatic heterocycles. The quantitative estimate of drug-likeness (QED) is 0.0993. The summed E-state index contributed by atoms with van der Waals surface area (Å²) in [4.78, 5) is 56.2. The highest BCUT2D eigenvalue weighted by molar-refractivity contribution is 9.09. The van der Waals surface area contributed by atoms with E-state index in [1.54, 1.807) is 0 Å². The van der Waals surface area contributed by atoms with Crippen LogP contribution in [0.4, 0.5) is 0 Å². The Morgan fingerprint density at radius 1 is 0.721 bits per heavy atom. The molecule has 0 aliphatic carbocycles. The summed E-state index contributed by atoms with van der Waals surface area (Å²) < 4.78 is -0.839. The third-order valence-corrected chi connectivity index (χ3v) is 9.63. The Kier molecular flexibility index (Phi) is 9.89. The molecule has 0 spiro atoms. The highest BCUT2D eigenvalue weighted by Gasteiger charge is 2.43. The summed E-state index contributed by atoms with van der Waals surface area (Å²) in [5.74, 6) is -1.66. The smallest absolute Gasteiger partial charge is 0.329 e. The van der Waals surface area contributed by atoms with Gasteiger partial charge in [-0.15, -0.1) is 16.8 Å². The molecule has 8 heteroatoms. The van der Waals surface area contributed by atoms with Gasteiger partial charge in [0.25, 0.3) is 11.8 Å². The van der Waals surface area contributed by atoms with Crippen LogP contribution in [0.25, 0.3) is 0 Å². The Morgan fingerprint density at radius 2 is 1.16 bits per heavy atom. The molecule has 4 aromatic rings. The Balaban J connectivity index is 1.59. The van der Waals surface area contributed by atoms with Crippen LogP contribution in [0.2, 0.25) is 0 Å². The molecule has 5 rings (SSSR count). The lowest BCUT2D eigenvalue weighted by molar-refractivity contribution is -0.197. The molecule has 1 heterocycles. The number of thioether (sulfide) groups is 1. The normalized spacial score (nSPS) is 14.0. The van der Waals surface area contributed by atoms with E-state index in [9.17, 15) is 19.2 Å². The standard InChI is InChI=1S/C35H30BrNO5S/c36-24-30(38)22-25-16-18-26(19-17-25)23-31(34(41)42-37-32(39)20-21-33(37)40)43-35(27-10-4-1-5-11-27,28-12-6-2-7-13-28)29-14-8-3-9-15-29/h1-19,31H,20-24H2. The lowest BCUT2D eigenvalue weighted by Gasteiger charge is -2.37. The second-order valence-electron chi connectivity index (χ2n) is 10.2. The lowest BCUT2D eigenvalue weighted by Crippen LogP contribution is -2.39. The zero-order chi connectivity index (χ0) is 30.2. The molecule has 4 aromatic carbocycles. The second kappa shape index (κ2) is 14.0. The van der Waals surface area contributed by atoms with Crippen LogP contribution in [-0.2, 0) is 41.6 Å². The average Bonchev–Trinajstić information content (AvgIpc) is 3.37. The summed E-state index contributed by atoms with van der Waals surface area (Å²) in [5, 5.41) is 0.0744. The van der Waals surface area contributed by atoms with Crippen molar-refractivity contribution in [2.75, 3.05) is 5.33 Å². The molecule has 0 radical (unpaired) electrons. The number of alkyl halides is 1. The summed E-state index contributed by atoms with van der Waals surface area (Å²) >= 11 is 4.63. The lowest BCUT2D eigenvalue weighted by atomic mass is 9.84. The number of amides is 2. The number of nitrogens with zero attached hydrogens (tertiary/aromatic N) is 1. The van der Waals surface area contributed by atoms with Gasteiger partial charge < -0.3 is 4.84 Å². The molecule has 1 unspecified atom stereocenters. The predicted molar refractivity (Wildman–Crippen MR) is 170 cm³/mol. The number of rotatable bonds is 12. The average molecular weight is 657 g/mol. The zero-order valence-corrected chi connectivity index (χ0v) is 25.8. The van der Waals surface area contributed by atoms with Gasteiger partial charge in [-0.2, -0.15) is 0 Å². The maximum atomic E-state index is 14.0. The molecule has 0 bridgehead atoms. The number of carbonyl (C=O) groups excluding carboxylic acids is 4. The van der Waals surface area contributed by atoms with E-state index in [1.165, 1.54) is 11.8 Å². The summed E-state index contributed by atoms with van der Waals surface area (Å²) in [7, 11) is 0. The second-order valence-corrected chi connectivity index (χ2v) is 12.2. The van der Waals surface area contributed by atoms with Crippen LogP contribution >= 0.6 is 27.7 Å². The summed E-state index contributed by atoms with van der Waals surface area (Å²) in [6, 6.07) is 37.5. The largest absolute Gasteiger partial charge is 0.346 e. The van der Waals surface area contributed by atoms with Crippen molar-refractivity contribution in [2.45, 2.75) is 35.7 Å². The molecule has 1 saturated heterocycles. The Bertz CT molecular complexity index is 1470. The Labute approximate surface area is 263 Å². The van der Waals surface area contributed by atoms with Crippen molar-refractivity contribution < 1.29 is 24.0 Å². The number of halogens is 1. The number of ketones is 1. The minimum absolute atomic E-state index is 0.0144. The predicted octanol–water partition coefficient (Wildman–Crippen LogP) is 6.44. The van der Waals surface area contributed by atoms with E-state index in [2.05, 4.69) is 15.9 Å². The molecule has 43 heavy (non-hydrogen) atoms. The summed E-state index contributed by atoms with van der Waals surface area (Å²) in [6.45, 7) is 0. The first-order valence-electron chi connectivity index (χ1n) is 14.0. The molecule has 1 atom stereocenters. The number of benzene rings is 4. The number of imide groups is 1. The molecule has 1 aliphatic rings. The highest BCUT2D eigenvalue weighted by atomic mass is 79.9. The van der Waals surface area contributed by atoms with Gasteiger partial charge in [-0.25, -0.2) is 4.79 Å². The van der Waals surface area contributed by atoms with Crippen molar-refractivity contribution in [3.63, 3.8) is 0 Å². The molecule has 6 nitrogen and oxygen atoms in total. The van der Waals surface area contributed by atoms with Gasteiger partial charge >= 0.3 is 5.97 Å². The Hall–Kier alpha value is -4.01. The van der Waals surface area contributed by atoms with E-state index >= 15 is 0 Å². The van der Waals surface area contributed by atoms with Crippen LogP contribution in [0.1, 0.15) is 40.7 Å². The highest BCUT2D eigenvalue weighted by Crippen LogP contribution is 2.51. The van der Waals surface area contributed by atoms with Crippen molar-refractivity contribution in [1.82, 2.24) is 5.06 Å². The summed E-state index contributed by atoms with van der Waals surface area (Å²) in [5.41, 5.74) is 4.62. The van der Waals surface area contributed by atoms with Crippen LogP contribution in [0.3, 0.4) is 0 Å². The molecule has 0 aromatic heterocycles. The number of carbonyl (C=O) groups is 4. The van der Waals surface area contributed by atoms with Gasteiger partial charge in [0.05, 0.1) is 10.1 Å². The van der Waals surface area contributed by atoms with Gasteiger partial charge in [0.15, 0.2) is 0 Å². The van der Waals surface area contributed by atoms with Gasteiger partial charge in [0.2, 0.25) is 0 Å². The molecule has 218 valence electrons. The topological polar surface area (TPSA) is 80.8 Å². The van der Waals surface area contributed by atoms with Crippen LogP contribution < -0.4 is 0 Å². The van der Waals surface area contributed by atoms with Crippen molar-refractivity contribution >= 4 is 51.3 Å². The van der Waals surface area contributed by atoms with E-state index in [4.69, 9.17) is 4.84 Å². The van der Waals surface area contributed by atoms with Gasteiger partial charge in [0, 0.05) is 19.3 Å². The van der Waals surface area contributed by atoms with Crippen molar-refractivity contribution in [1.29, 1.82) is 0 Å². The monoisotopic (exact) mass is 655 g/mol. The number of hydrogen-bond acceptors (Lipinski definition) is 6. The number of Topliss-reactive ketones (excluding diaryl/α,β-unsaturated/α-hetero) is 1. The molecule has 0 saturated carbocycles. The number of hydrogen-bond donors (Lipinski definition) is 0. The van der Waals surface area contributed by atoms with E-state index in [1.807, 2.05) is 115 Å². The maximum Gasteiger partial charge on any atom is 0.346 e. The third-order valence-electron chi connectivity index (χ3n) is 7.30. The van der Waals surface area contributed by atoms with Gasteiger partial charge in [-0.05, 0) is 34.2 Å². The summed E-state index contributed by atoms with van der Waals surface area (Å²) in [6.07, 6.45) is 0.603. The molecule has 2 amide bonds. The number of hydroxylamine groups is 2. The van der Waals surface area contributed by atoms with Crippen molar-refractivity contribution in [3.05, 3.63) is 143 Å². The molecule has 1 fully saturated rings. The van der Waals surface area contributed by atoms with Crippen LogP contribution in [0.5, 0.6) is 0 Å². The first kappa shape index (κ1) is 30.4. The van der Waals surface area contributed by atoms with Crippen LogP contribution in [0.15, 0.2) is 115 Å². The molecule has 0 N–H and O–H groups in total. The molecular formula is C35H30BrNO5S. The fraction of sp³-hybridized carbons (Fsp3) is 0.200. The first-order valence-corrected chi connectivity index (χ1v) is 16.0. The van der Waals surface area contributed by atoms with Crippen molar-refractivity contribution in [3.8, 4) is 0 Å². The maximum absolute atomic E-state index is 14.0. The van der Waals surface area contributed by atoms with E-state index in [0.29, 0.717) is 11.5 Å².